The van der Waals surface area contributed by atoms with Gasteiger partial charge in [-0.05, 0) is 54.1 Å². The van der Waals surface area contributed by atoms with Crippen molar-refractivity contribution in [3.8, 4) is 0 Å². The first-order chi connectivity index (χ1) is 14.0. The van der Waals surface area contributed by atoms with Crippen molar-refractivity contribution < 1.29 is 21.6 Å². The van der Waals surface area contributed by atoms with Crippen molar-refractivity contribution in [1.29, 1.82) is 0 Å². The molecular weight excluding hydrogens is 470 g/mol. The number of thiophene rings is 1. The van der Waals surface area contributed by atoms with Gasteiger partial charge in [-0.1, -0.05) is 23.7 Å². The molecule has 0 saturated heterocycles. The van der Waals surface area contributed by atoms with E-state index in [1.807, 2.05) is 0 Å². The third-order valence-corrected chi connectivity index (χ3v) is 7.95. The number of amides is 1. The number of hydrogen-bond donors (Lipinski definition) is 3. The molecule has 0 aliphatic heterocycles. The summed E-state index contributed by atoms with van der Waals surface area (Å²) in [6, 6.07) is 14.6. The molecule has 0 aliphatic rings. The predicted molar refractivity (Wildman–Crippen MR) is 116 cm³/mol. The summed E-state index contributed by atoms with van der Waals surface area (Å²) in [7, 11) is -7.52. The van der Waals surface area contributed by atoms with Gasteiger partial charge in [0.25, 0.3) is 15.9 Å². The lowest BCUT2D eigenvalue weighted by Gasteiger charge is -2.09. The van der Waals surface area contributed by atoms with Gasteiger partial charge < -0.3 is 5.32 Å². The Kier molecular flexibility index (Phi) is 6.48. The molecule has 2 aromatic carbocycles. The van der Waals surface area contributed by atoms with Gasteiger partial charge in [-0.2, -0.15) is 0 Å². The van der Waals surface area contributed by atoms with Crippen LogP contribution in [0, 0.1) is 0 Å². The summed E-state index contributed by atoms with van der Waals surface area (Å²) in [6.07, 6.45) is 0. The fourth-order valence-corrected chi connectivity index (χ4v) is 5.48. The monoisotopic (exact) mass is 485 g/mol. The number of nitrogens with two attached hydrogens (primary N) is 1. The molecule has 0 spiro atoms. The zero-order chi connectivity index (χ0) is 21.9. The molecule has 0 radical (unpaired) electrons. The second-order valence-corrected chi connectivity index (χ2v) is 11.3. The second-order valence-electron chi connectivity index (χ2n) is 6.11. The number of halogens is 1. The van der Waals surface area contributed by atoms with Crippen LogP contribution in [0.1, 0.15) is 15.9 Å². The molecule has 8 nitrogen and oxygen atoms in total. The Morgan fingerprint density at radius 2 is 1.57 bits per heavy atom. The largest absolute Gasteiger partial charge is 0.348 e. The number of nitrogens with one attached hydrogen (secondary N) is 2. The van der Waals surface area contributed by atoms with Crippen molar-refractivity contribution in [3.05, 3.63) is 76.1 Å². The Morgan fingerprint density at radius 1 is 0.933 bits per heavy atom. The zero-order valence-electron chi connectivity index (χ0n) is 15.2. The van der Waals surface area contributed by atoms with Crippen LogP contribution in [-0.2, 0) is 26.6 Å². The highest BCUT2D eigenvalue weighted by Gasteiger charge is 2.17. The Morgan fingerprint density at radius 3 is 2.10 bits per heavy atom. The topological polar surface area (TPSA) is 135 Å². The Labute approximate surface area is 182 Å². The van der Waals surface area contributed by atoms with E-state index in [1.54, 1.807) is 12.1 Å². The molecular formula is C18H16ClN3O5S3. The number of hydrogen-bond acceptors (Lipinski definition) is 6. The van der Waals surface area contributed by atoms with Crippen molar-refractivity contribution >= 4 is 54.6 Å². The van der Waals surface area contributed by atoms with Crippen molar-refractivity contribution in [2.45, 2.75) is 15.6 Å². The SMILES string of the molecule is NS(=O)(=O)c1ccc(CNC(=O)c2ccc(NS(=O)(=O)c3ccc(Cl)s3)cc2)cc1. The summed E-state index contributed by atoms with van der Waals surface area (Å²) in [5.41, 5.74) is 1.32. The average Bonchev–Trinajstić information content (AvgIpc) is 3.13. The van der Waals surface area contributed by atoms with Crippen LogP contribution in [0.3, 0.4) is 0 Å². The number of rotatable bonds is 7. The van der Waals surface area contributed by atoms with Gasteiger partial charge in [0.1, 0.15) is 4.21 Å². The molecule has 4 N–H and O–H groups in total. The minimum absolute atomic E-state index is 0.0135. The number of carbonyl (C=O) groups excluding carboxylic acids is 1. The molecule has 30 heavy (non-hydrogen) atoms. The first-order valence-corrected chi connectivity index (χ1v) is 12.6. The van der Waals surface area contributed by atoms with Gasteiger partial charge in [0.05, 0.1) is 9.23 Å². The highest BCUT2D eigenvalue weighted by atomic mass is 35.5. The molecule has 12 heteroatoms. The van der Waals surface area contributed by atoms with Gasteiger partial charge in [0.15, 0.2) is 0 Å². The Bertz CT molecular complexity index is 1270. The molecule has 3 aromatic rings. The summed E-state index contributed by atoms with van der Waals surface area (Å²) >= 11 is 6.72. The Hall–Kier alpha value is -2.44. The second kappa shape index (κ2) is 8.74. The molecule has 0 saturated carbocycles. The summed E-state index contributed by atoms with van der Waals surface area (Å²) in [4.78, 5) is 12.3. The van der Waals surface area contributed by atoms with Crippen LogP contribution in [0.2, 0.25) is 4.34 Å². The van der Waals surface area contributed by atoms with E-state index in [9.17, 15) is 21.6 Å². The van der Waals surface area contributed by atoms with E-state index in [-0.39, 0.29) is 21.6 Å². The fraction of sp³-hybridized carbons (Fsp3) is 0.0556. The molecule has 3 rings (SSSR count). The molecule has 1 amide bonds. The Balaban J connectivity index is 1.61. The van der Waals surface area contributed by atoms with Crippen LogP contribution < -0.4 is 15.2 Å². The van der Waals surface area contributed by atoms with Crippen LogP contribution in [0.4, 0.5) is 5.69 Å². The van der Waals surface area contributed by atoms with Crippen LogP contribution in [0.5, 0.6) is 0 Å². The molecule has 0 unspecified atom stereocenters. The molecule has 0 atom stereocenters. The van der Waals surface area contributed by atoms with E-state index in [0.29, 0.717) is 21.2 Å². The average molecular weight is 486 g/mol. The van der Waals surface area contributed by atoms with Crippen LogP contribution in [0.25, 0.3) is 0 Å². The minimum atomic E-state index is -3.77. The quantitative estimate of drug-likeness (QED) is 0.472. The smallest absolute Gasteiger partial charge is 0.271 e. The third-order valence-electron chi connectivity index (χ3n) is 3.92. The first kappa shape index (κ1) is 22.2. The van der Waals surface area contributed by atoms with E-state index in [2.05, 4.69) is 10.0 Å². The summed E-state index contributed by atoms with van der Waals surface area (Å²) in [6.45, 7) is 0.178. The van der Waals surface area contributed by atoms with Gasteiger partial charge in [-0.3, -0.25) is 9.52 Å². The number of primary sulfonamides is 1. The van der Waals surface area contributed by atoms with Crippen LogP contribution >= 0.6 is 22.9 Å². The van der Waals surface area contributed by atoms with E-state index >= 15 is 0 Å². The van der Waals surface area contributed by atoms with Crippen LogP contribution in [-0.4, -0.2) is 22.7 Å². The predicted octanol–water partition coefficient (Wildman–Crippen LogP) is 2.78. The van der Waals surface area contributed by atoms with Crippen molar-refractivity contribution in [3.63, 3.8) is 0 Å². The highest BCUT2D eigenvalue weighted by Crippen LogP contribution is 2.27. The first-order valence-electron chi connectivity index (χ1n) is 8.33. The van der Waals surface area contributed by atoms with Gasteiger partial charge >= 0.3 is 0 Å². The lowest BCUT2D eigenvalue weighted by atomic mass is 10.2. The molecule has 158 valence electrons. The molecule has 1 aromatic heterocycles. The lowest BCUT2D eigenvalue weighted by Crippen LogP contribution is -2.23. The van der Waals surface area contributed by atoms with E-state index in [4.69, 9.17) is 16.7 Å². The van der Waals surface area contributed by atoms with Gasteiger partial charge in [-0.15, -0.1) is 11.3 Å². The lowest BCUT2D eigenvalue weighted by molar-refractivity contribution is 0.0951. The number of carbonyl (C=O) groups is 1. The molecule has 1 heterocycles. The molecule has 0 fully saturated rings. The van der Waals surface area contributed by atoms with Crippen molar-refractivity contribution in [2.75, 3.05) is 4.72 Å². The molecule has 0 bridgehead atoms. The van der Waals surface area contributed by atoms with Crippen molar-refractivity contribution in [1.82, 2.24) is 5.32 Å². The van der Waals surface area contributed by atoms with Crippen molar-refractivity contribution in [2.24, 2.45) is 5.14 Å². The number of sulfonamides is 2. The number of anilines is 1. The maximum Gasteiger partial charge on any atom is 0.271 e. The number of benzene rings is 2. The van der Waals surface area contributed by atoms with E-state index in [1.165, 1.54) is 48.5 Å². The standard InChI is InChI=1S/C18H16ClN3O5S3/c19-16-9-10-17(28-16)30(26,27)22-14-5-3-13(4-6-14)18(23)21-11-12-1-7-15(8-2-12)29(20,24)25/h1-10,22H,11H2,(H,21,23)(H2,20,24,25). The van der Waals surface area contributed by atoms with Crippen LogP contribution in [0.15, 0.2) is 69.8 Å². The van der Waals surface area contributed by atoms with E-state index in [0.717, 1.165) is 11.3 Å². The fourth-order valence-electron chi connectivity index (χ4n) is 2.42. The maximum atomic E-state index is 12.3. The van der Waals surface area contributed by atoms with Gasteiger partial charge in [0, 0.05) is 17.8 Å². The van der Waals surface area contributed by atoms with Gasteiger partial charge in [0.2, 0.25) is 10.0 Å². The maximum absolute atomic E-state index is 12.3. The summed E-state index contributed by atoms with van der Waals surface area (Å²) in [5.74, 6) is -0.370. The summed E-state index contributed by atoms with van der Waals surface area (Å²) < 4.78 is 50.0. The zero-order valence-corrected chi connectivity index (χ0v) is 18.4. The minimum Gasteiger partial charge on any atom is -0.348 e. The highest BCUT2D eigenvalue weighted by molar-refractivity contribution is 7.94. The molecule has 0 aliphatic carbocycles. The van der Waals surface area contributed by atoms with E-state index < -0.39 is 20.0 Å². The normalized spacial score (nSPS) is 11.8. The summed E-state index contributed by atoms with van der Waals surface area (Å²) in [5, 5.41) is 7.74. The third kappa shape index (κ3) is 5.58. The van der Waals surface area contributed by atoms with Gasteiger partial charge in [-0.25, -0.2) is 22.0 Å².